The molecule has 0 aromatic heterocycles. The average Bonchev–Trinajstić information content (AvgIpc) is 2.56. The first-order chi connectivity index (χ1) is 5.88. The second-order valence-corrected chi connectivity index (χ2v) is 3.85. The highest BCUT2D eigenvalue weighted by Gasteiger charge is 2.22. The van der Waals surface area contributed by atoms with Gasteiger partial charge in [0.2, 0.25) is 0 Å². The Labute approximate surface area is 76.9 Å². The summed E-state index contributed by atoms with van der Waals surface area (Å²) in [5.41, 5.74) is 0. The van der Waals surface area contributed by atoms with Crippen LogP contribution in [0.4, 0.5) is 0 Å². The Hall–Kier alpha value is -0.0400. The lowest BCUT2D eigenvalue weighted by atomic mass is 9.94. The molecule has 1 N–H and O–H groups in total. The van der Waals surface area contributed by atoms with Crippen molar-refractivity contribution in [1.82, 2.24) is 5.32 Å². The quantitative estimate of drug-likeness (QED) is 0.665. The summed E-state index contributed by atoms with van der Waals surface area (Å²) in [4.78, 5) is 0. The largest absolute Gasteiger partial charge is 0.314 e. The fourth-order valence-corrected chi connectivity index (χ4v) is 2.35. The van der Waals surface area contributed by atoms with Crippen LogP contribution in [0.5, 0.6) is 0 Å². The third-order valence-electron chi connectivity index (χ3n) is 2.95. The summed E-state index contributed by atoms with van der Waals surface area (Å²) in [6.07, 6.45) is 8.12. The van der Waals surface area contributed by atoms with Gasteiger partial charge in [-0.25, -0.2) is 0 Å². The highest BCUT2D eigenvalue weighted by Crippen LogP contribution is 2.29. The van der Waals surface area contributed by atoms with Gasteiger partial charge in [-0.05, 0) is 31.7 Å². The molecule has 0 saturated heterocycles. The Morgan fingerprint density at radius 1 is 1.42 bits per heavy atom. The van der Waals surface area contributed by atoms with Crippen molar-refractivity contribution in [2.75, 3.05) is 6.54 Å². The van der Waals surface area contributed by atoms with E-state index in [4.69, 9.17) is 0 Å². The zero-order chi connectivity index (χ0) is 8.81. The van der Waals surface area contributed by atoms with Gasteiger partial charge in [-0.15, -0.1) is 0 Å². The Balaban J connectivity index is 2.29. The molecule has 0 amide bonds. The van der Waals surface area contributed by atoms with Crippen molar-refractivity contribution >= 4 is 0 Å². The zero-order valence-corrected chi connectivity index (χ0v) is 8.31. The number of hydrogen-bond acceptors (Lipinski definition) is 1. The van der Waals surface area contributed by atoms with E-state index in [1.54, 1.807) is 0 Å². The van der Waals surface area contributed by atoms with Crippen molar-refractivity contribution in [3.8, 4) is 0 Å². The molecule has 1 fully saturated rings. The summed E-state index contributed by atoms with van der Waals surface area (Å²) in [6.45, 7) is 7.25. The van der Waals surface area contributed by atoms with Crippen LogP contribution in [0, 0.1) is 12.8 Å². The van der Waals surface area contributed by atoms with Crippen LogP contribution in [-0.2, 0) is 0 Å². The van der Waals surface area contributed by atoms with Gasteiger partial charge in [0, 0.05) is 6.04 Å². The lowest BCUT2D eigenvalue weighted by Gasteiger charge is -2.23. The van der Waals surface area contributed by atoms with Gasteiger partial charge in [0.1, 0.15) is 0 Å². The van der Waals surface area contributed by atoms with Crippen molar-refractivity contribution in [2.45, 2.75) is 51.5 Å². The number of rotatable bonds is 5. The average molecular weight is 168 g/mol. The molecule has 1 atom stereocenters. The smallest absolute Gasteiger partial charge is 0.00952 e. The number of hydrogen-bond donors (Lipinski definition) is 1. The van der Waals surface area contributed by atoms with Gasteiger partial charge in [0.05, 0.1) is 0 Å². The predicted molar refractivity (Wildman–Crippen MR) is 54.0 cm³/mol. The second kappa shape index (κ2) is 5.58. The van der Waals surface area contributed by atoms with Crippen molar-refractivity contribution in [2.24, 2.45) is 5.92 Å². The molecular weight excluding hydrogens is 146 g/mol. The minimum absolute atomic E-state index is 0.759. The van der Waals surface area contributed by atoms with E-state index in [0.29, 0.717) is 0 Å². The van der Waals surface area contributed by atoms with Crippen LogP contribution in [0.3, 0.4) is 0 Å². The maximum atomic E-state index is 3.94. The van der Waals surface area contributed by atoms with E-state index in [1.807, 2.05) is 0 Å². The first-order valence-electron chi connectivity index (χ1n) is 5.41. The van der Waals surface area contributed by atoms with E-state index < -0.39 is 0 Å². The molecule has 1 saturated carbocycles. The van der Waals surface area contributed by atoms with Crippen LogP contribution in [0.25, 0.3) is 0 Å². The first kappa shape index (κ1) is 10.0. The molecule has 71 valence electrons. The molecule has 0 aliphatic heterocycles. The SMILES string of the molecule is [CH2]CCC(NCC)C1CCCC1. The molecule has 1 rings (SSSR count). The van der Waals surface area contributed by atoms with E-state index in [1.165, 1.54) is 32.1 Å². The summed E-state index contributed by atoms with van der Waals surface area (Å²) in [5.74, 6) is 0.951. The van der Waals surface area contributed by atoms with Crippen molar-refractivity contribution in [1.29, 1.82) is 0 Å². The number of nitrogens with one attached hydrogen (secondary N) is 1. The molecule has 0 aromatic carbocycles. The molecular formula is C11H22N. The maximum absolute atomic E-state index is 3.94. The summed E-state index contributed by atoms with van der Waals surface area (Å²) in [6, 6.07) is 0.759. The van der Waals surface area contributed by atoms with Crippen molar-refractivity contribution < 1.29 is 0 Å². The molecule has 0 spiro atoms. The fraction of sp³-hybridized carbons (Fsp3) is 0.909. The van der Waals surface area contributed by atoms with Gasteiger partial charge in [0.25, 0.3) is 0 Å². The first-order valence-corrected chi connectivity index (χ1v) is 5.41. The second-order valence-electron chi connectivity index (χ2n) is 3.85. The van der Waals surface area contributed by atoms with Gasteiger partial charge in [-0.1, -0.05) is 33.1 Å². The van der Waals surface area contributed by atoms with Crippen LogP contribution in [0.2, 0.25) is 0 Å². The highest BCUT2D eigenvalue weighted by atomic mass is 14.9. The summed E-state index contributed by atoms with van der Waals surface area (Å²) >= 11 is 0. The van der Waals surface area contributed by atoms with Crippen LogP contribution in [-0.4, -0.2) is 12.6 Å². The Kier molecular flexibility index (Phi) is 4.67. The normalized spacial score (nSPS) is 21.5. The van der Waals surface area contributed by atoms with E-state index in [-0.39, 0.29) is 0 Å². The van der Waals surface area contributed by atoms with E-state index >= 15 is 0 Å². The van der Waals surface area contributed by atoms with Gasteiger partial charge >= 0.3 is 0 Å². The van der Waals surface area contributed by atoms with Crippen LogP contribution in [0.1, 0.15) is 45.4 Å². The maximum Gasteiger partial charge on any atom is 0.00952 e. The fourth-order valence-electron chi connectivity index (χ4n) is 2.35. The van der Waals surface area contributed by atoms with Gasteiger partial charge < -0.3 is 5.32 Å². The van der Waals surface area contributed by atoms with Crippen LogP contribution >= 0.6 is 0 Å². The van der Waals surface area contributed by atoms with Gasteiger partial charge in [-0.2, -0.15) is 0 Å². The summed E-state index contributed by atoms with van der Waals surface area (Å²) in [7, 11) is 0. The van der Waals surface area contributed by atoms with Crippen LogP contribution in [0.15, 0.2) is 0 Å². The summed E-state index contributed by atoms with van der Waals surface area (Å²) < 4.78 is 0. The van der Waals surface area contributed by atoms with Crippen LogP contribution < -0.4 is 5.32 Å². The standard InChI is InChI=1S/C11H22N/c1-3-7-11(12-4-2)10-8-5-6-9-10/h10-12H,1,3-9H2,2H3. The summed E-state index contributed by atoms with van der Waals surface area (Å²) in [5, 5.41) is 3.59. The molecule has 1 nitrogen and oxygen atoms in total. The Bertz CT molecular complexity index is 99.6. The van der Waals surface area contributed by atoms with Crippen molar-refractivity contribution in [3.05, 3.63) is 6.92 Å². The molecule has 0 aromatic rings. The highest BCUT2D eigenvalue weighted by molar-refractivity contribution is 4.80. The topological polar surface area (TPSA) is 12.0 Å². The lowest BCUT2D eigenvalue weighted by Crippen LogP contribution is -2.34. The third kappa shape index (κ3) is 2.78. The van der Waals surface area contributed by atoms with Crippen molar-refractivity contribution in [3.63, 3.8) is 0 Å². The lowest BCUT2D eigenvalue weighted by molar-refractivity contribution is 0.347. The molecule has 1 radical (unpaired) electrons. The molecule has 0 bridgehead atoms. The predicted octanol–water partition coefficient (Wildman–Crippen LogP) is 2.77. The molecule has 1 aliphatic carbocycles. The van der Waals surface area contributed by atoms with Gasteiger partial charge in [-0.3, -0.25) is 0 Å². The van der Waals surface area contributed by atoms with E-state index in [9.17, 15) is 0 Å². The van der Waals surface area contributed by atoms with Gasteiger partial charge in [0.15, 0.2) is 0 Å². The Morgan fingerprint density at radius 2 is 2.08 bits per heavy atom. The minimum atomic E-state index is 0.759. The Morgan fingerprint density at radius 3 is 2.58 bits per heavy atom. The molecule has 1 aliphatic rings. The van der Waals surface area contributed by atoms with E-state index in [0.717, 1.165) is 24.9 Å². The molecule has 12 heavy (non-hydrogen) atoms. The zero-order valence-electron chi connectivity index (χ0n) is 8.31. The monoisotopic (exact) mass is 168 g/mol. The minimum Gasteiger partial charge on any atom is -0.314 e. The third-order valence-corrected chi connectivity index (χ3v) is 2.95. The molecule has 0 heterocycles. The molecule has 1 unspecified atom stereocenters. The molecule has 1 heteroatoms. The van der Waals surface area contributed by atoms with E-state index in [2.05, 4.69) is 19.2 Å².